The van der Waals surface area contributed by atoms with Crippen LogP contribution in [0.2, 0.25) is 5.02 Å². The Morgan fingerprint density at radius 3 is 2.50 bits per heavy atom. The summed E-state index contributed by atoms with van der Waals surface area (Å²) in [6.07, 6.45) is 2.50. The normalized spacial score (nSPS) is 22.7. The number of hydrogen-bond acceptors (Lipinski definition) is 4. The number of ether oxygens (including phenoxy) is 1. The molecule has 26 heavy (non-hydrogen) atoms. The van der Waals surface area contributed by atoms with Crippen molar-refractivity contribution in [3.05, 3.63) is 34.9 Å². The molecule has 1 amide bonds. The fourth-order valence-electron chi connectivity index (χ4n) is 3.93. The molecule has 2 fully saturated rings. The Kier molecular flexibility index (Phi) is 5.85. The Morgan fingerprint density at radius 1 is 1.27 bits per heavy atom. The summed E-state index contributed by atoms with van der Waals surface area (Å²) in [5.41, 5.74) is 0.0191. The first-order valence-electron chi connectivity index (χ1n) is 9.11. The minimum absolute atomic E-state index is 0.0511. The van der Waals surface area contributed by atoms with Crippen molar-refractivity contribution in [1.29, 1.82) is 0 Å². The van der Waals surface area contributed by atoms with E-state index in [1.165, 1.54) is 4.90 Å². The molecule has 142 valence electrons. The molecule has 0 aliphatic carbocycles. The van der Waals surface area contributed by atoms with E-state index in [2.05, 4.69) is 11.8 Å². The number of carboxylic acids is 1. The lowest BCUT2D eigenvalue weighted by atomic mass is 9.96. The topological polar surface area (TPSA) is 70.1 Å². The first-order chi connectivity index (χ1) is 12.4. The van der Waals surface area contributed by atoms with Gasteiger partial charge >= 0.3 is 5.97 Å². The van der Waals surface area contributed by atoms with E-state index < -0.39 is 17.7 Å². The third kappa shape index (κ3) is 3.87. The molecule has 3 rings (SSSR count). The van der Waals surface area contributed by atoms with Crippen molar-refractivity contribution < 1.29 is 19.4 Å². The summed E-state index contributed by atoms with van der Waals surface area (Å²) in [7, 11) is 0. The molecule has 1 spiro atoms. The minimum atomic E-state index is -1.01. The molecule has 1 atom stereocenters. The van der Waals surface area contributed by atoms with Gasteiger partial charge in [0.2, 0.25) is 5.91 Å². The van der Waals surface area contributed by atoms with Crippen LogP contribution in [0.4, 0.5) is 0 Å². The molecule has 2 saturated heterocycles. The monoisotopic (exact) mass is 380 g/mol. The van der Waals surface area contributed by atoms with E-state index in [-0.39, 0.29) is 18.9 Å². The third-order valence-electron chi connectivity index (χ3n) is 5.26. The number of likely N-dealkylation sites (tertiary alicyclic amines) is 1. The molecule has 7 heteroatoms. The van der Waals surface area contributed by atoms with Crippen molar-refractivity contribution in [1.82, 2.24) is 9.80 Å². The maximum atomic E-state index is 13.0. The molecule has 1 N–H and O–H groups in total. The van der Waals surface area contributed by atoms with Gasteiger partial charge in [-0.3, -0.25) is 9.69 Å². The van der Waals surface area contributed by atoms with E-state index in [0.29, 0.717) is 17.9 Å². The Morgan fingerprint density at radius 2 is 1.92 bits per heavy atom. The van der Waals surface area contributed by atoms with E-state index in [9.17, 15) is 14.7 Å². The van der Waals surface area contributed by atoms with E-state index in [4.69, 9.17) is 16.3 Å². The molecule has 6 nitrogen and oxygen atoms in total. The molecule has 2 heterocycles. The van der Waals surface area contributed by atoms with Gasteiger partial charge in [0.1, 0.15) is 5.72 Å². The number of rotatable bonds is 5. The molecular weight excluding hydrogens is 356 g/mol. The van der Waals surface area contributed by atoms with Crippen molar-refractivity contribution in [3.8, 4) is 0 Å². The molecular formula is C19H25ClN2O4. The highest BCUT2D eigenvalue weighted by atomic mass is 35.5. The molecule has 2 aliphatic heterocycles. The van der Waals surface area contributed by atoms with Gasteiger partial charge in [-0.1, -0.05) is 30.7 Å². The summed E-state index contributed by atoms with van der Waals surface area (Å²) in [4.78, 5) is 28.6. The summed E-state index contributed by atoms with van der Waals surface area (Å²) < 4.78 is 5.95. The summed E-state index contributed by atoms with van der Waals surface area (Å²) in [6.45, 7) is 4.82. The Labute approximate surface area is 158 Å². The average molecular weight is 381 g/mol. The highest BCUT2D eigenvalue weighted by Crippen LogP contribution is 2.38. The molecule has 0 aromatic heterocycles. The Balaban J connectivity index is 1.78. The standard InChI is InChI=1S/C19H25ClN2O4/c1-2-9-21-10-7-19(8-11-21)22(16(13-26-19)18(24)25)17(23)12-14-3-5-15(20)6-4-14/h3-6,16H,2,7-13H2,1H3,(H,24,25). The predicted octanol–water partition coefficient (Wildman–Crippen LogP) is 2.40. The van der Waals surface area contributed by atoms with Crippen molar-refractivity contribution in [2.24, 2.45) is 0 Å². The van der Waals surface area contributed by atoms with Crippen LogP contribution in [-0.4, -0.2) is 64.8 Å². The quantitative estimate of drug-likeness (QED) is 0.849. The SMILES string of the molecule is CCCN1CCC2(CC1)OCC(C(=O)O)N2C(=O)Cc1ccc(Cl)cc1. The lowest BCUT2D eigenvalue weighted by Gasteiger charge is -2.44. The number of aliphatic carboxylic acids is 1. The molecule has 1 aromatic rings. The van der Waals surface area contributed by atoms with Crippen LogP contribution in [0, 0.1) is 0 Å². The van der Waals surface area contributed by atoms with Crippen molar-refractivity contribution in [2.45, 2.75) is 44.4 Å². The number of nitrogens with zero attached hydrogens (tertiary/aromatic N) is 2. The van der Waals surface area contributed by atoms with Crippen LogP contribution in [0.1, 0.15) is 31.7 Å². The van der Waals surface area contributed by atoms with Crippen LogP contribution in [0.25, 0.3) is 0 Å². The van der Waals surface area contributed by atoms with E-state index in [0.717, 1.165) is 31.6 Å². The van der Waals surface area contributed by atoms with Gasteiger partial charge in [0.25, 0.3) is 0 Å². The lowest BCUT2D eigenvalue weighted by molar-refractivity contribution is -0.165. The van der Waals surface area contributed by atoms with Crippen LogP contribution in [0.15, 0.2) is 24.3 Å². The molecule has 0 saturated carbocycles. The molecule has 2 aliphatic rings. The second-order valence-corrected chi connectivity index (χ2v) is 7.46. The van der Waals surface area contributed by atoms with E-state index in [1.807, 2.05) is 0 Å². The second kappa shape index (κ2) is 7.94. The average Bonchev–Trinajstić information content (AvgIpc) is 2.99. The number of piperidine rings is 1. The van der Waals surface area contributed by atoms with E-state index >= 15 is 0 Å². The molecule has 0 radical (unpaired) electrons. The minimum Gasteiger partial charge on any atom is -0.480 e. The van der Waals surface area contributed by atoms with Crippen molar-refractivity contribution in [3.63, 3.8) is 0 Å². The Bertz CT molecular complexity index is 656. The number of carbonyl (C=O) groups is 2. The van der Waals surface area contributed by atoms with Gasteiger partial charge in [0.05, 0.1) is 13.0 Å². The van der Waals surface area contributed by atoms with Gasteiger partial charge in [0.15, 0.2) is 6.04 Å². The fourth-order valence-corrected chi connectivity index (χ4v) is 4.06. The summed E-state index contributed by atoms with van der Waals surface area (Å²) in [5.74, 6) is -1.22. The molecule has 0 bridgehead atoms. The summed E-state index contributed by atoms with van der Waals surface area (Å²) in [6, 6.07) is 6.14. The zero-order chi connectivity index (χ0) is 18.7. The first kappa shape index (κ1) is 19.1. The smallest absolute Gasteiger partial charge is 0.328 e. The van der Waals surface area contributed by atoms with Crippen molar-refractivity contribution in [2.75, 3.05) is 26.2 Å². The van der Waals surface area contributed by atoms with Gasteiger partial charge in [-0.25, -0.2) is 4.79 Å². The number of carbonyl (C=O) groups excluding carboxylic acids is 1. The van der Waals surface area contributed by atoms with Gasteiger partial charge < -0.3 is 14.7 Å². The molecule has 1 unspecified atom stereocenters. The fraction of sp³-hybridized carbons (Fsp3) is 0.579. The van der Waals surface area contributed by atoms with Gasteiger partial charge in [-0.05, 0) is 30.7 Å². The second-order valence-electron chi connectivity index (χ2n) is 7.02. The van der Waals surface area contributed by atoms with Crippen LogP contribution in [0.3, 0.4) is 0 Å². The van der Waals surface area contributed by atoms with Crippen LogP contribution in [-0.2, 0) is 20.7 Å². The molecule has 1 aromatic carbocycles. The van der Waals surface area contributed by atoms with Gasteiger partial charge in [-0.15, -0.1) is 0 Å². The number of hydrogen-bond donors (Lipinski definition) is 1. The van der Waals surface area contributed by atoms with Crippen LogP contribution >= 0.6 is 11.6 Å². The van der Waals surface area contributed by atoms with Crippen LogP contribution < -0.4 is 0 Å². The van der Waals surface area contributed by atoms with Crippen LogP contribution in [0.5, 0.6) is 0 Å². The van der Waals surface area contributed by atoms with Gasteiger partial charge in [0, 0.05) is 31.0 Å². The Hall–Kier alpha value is -1.63. The first-order valence-corrected chi connectivity index (χ1v) is 9.49. The number of halogens is 1. The van der Waals surface area contributed by atoms with Crippen molar-refractivity contribution >= 4 is 23.5 Å². The summed E-state index contributed by atoms with van der Waals surface area (Å²) >= 11 is 5.90. The maximum Gasteiger partial charge on any atom is 0.328 e. The van der Waals surface area contributed by atoms with Gasteiger partial charge in [-0.2, -0.15) is 0 Å². The highest BCUT2D eigenvalue weighted by molar-refractivity contribution is 6.30. The maximum absolute atomic E-state index is 13.0. The zero-order valence-corrected chi connectivity index (χ0v) is 15.7. The number of benzene rings is 1. The lowest BCUT2D eigenvalue weighted by Crippen LogP contribution is -2.58. The largest absolute Gasteiger partial charge is 0.480 e. The number of amides is 1. The number of carboxylic acid groups (broad SMARTS) is 1. The zero-order valence-electron chi connectivity index (χ0n) is 15.0. The highest BCUT2D eigenvalue weighted by Gasteiger charge is 2.53. The van der Waals surface area contributed by atoms with E-state index in [1.54, 1.807) is 24.3 Å². The third-order valence-corrected chi connectivity index (χ3v) is 5.51. The predicted molar refractivity (Wildman–Crippen MR) is 98.1 cm³/mol. The summed E-state index contributed by atoms with van der Waals surface area (Å²) in [5, 5.41) is 10.2.